The lowest BCUT2D eigenvalue weighted by molar-refractivity contribution is -0.134. The van der Waals surface area contributed by atoms with Crippen molar-refractivity contribution in [1.82, 2.24) is 9.88 Å². The summed E-state index contributed by atoms with van der Waals surface area (Å²) in [6.45, 7) is 0. The van der Waals surface area contributed by atoms with Gasteiger partial charge >= 0.3 is 6.18 Å². The average Bonchev–Trinajstić information content (AvgIpc) is 3.29. The topological polar surface area (TPSA) is 77.2 Å². The molecule has 25 heavy (non-hydrogen) atoms. The normalized spacial score (nSPS) is 14.2. The van der Waals surface area contributed by atoms with E-state index in [1.165, 1.54) is 4.90 Å². The maximum absolute atomic E-state index is 12.8. The van der Waals surface area contributed by atoms with Crippen LogP contribution in [0.3, 0.4) is 0 Å². The molecule has 130 valence electrons. The number of nitrogens with zero attached hydrogens (tertiary/aromatic N) is 3. The average molecular weight is 367 g/mol. The fourth-order valence-corrected chi connectivity index (χ4v) is 3.19. The number of aromatic hydroxyl groups is 1. The first-order valence-corrected chi connectivity index (χ1v) is 8.12. The highest BCUT2D eigenvalue weighted by Crippen LogP contribution is 2.41. The van der Waals surface area contributed by atoms with Gasteiger partial charge in [-0.05, 0) is 31.0 Å². The minimum absolute atomic E-state index is 0.0325. The van der Waals surface area contributed by atoms with Crippen molar-refractivity contribution in [3.63, 3.8) is 0 Å². The van der Waals surface area contributed by atoms with Crippen LogP contribution in [0.1, 0.15) is 33.8 Å². The Labute approximate surface area is 145 Å². The third-order valence-electron chi connectivity index (χ3n) is 3.87. The Bertz CT molecular complexity index is 882. The van der Waals surface area contributed by atoms with Gasteiger partial charge in [-0.2, -0.15) is 18.4 Å². The van der Waals surface area contributed by atoms with Crippen molar-refractivity contribution in [3.8, 4) is 22.4 Å². The molecule has 2 aromatic heterocycles. The first-order valence-electron chi connectivity index (χ1n) is 7.31. The van der Waals surface area contributed by atoms with Gasteiger partial charge in [-0.15, -0.1) is 11.3 Å². The highest BCUT2D eigenvalue weighted by molar-refractivity contribution is 7.15. The highest BCUT2D eigenvalue weighted by atomic mass is 32.1. The predicted octanol–water partition coefficient (Wildman–Crippen LogP) is 3.64. The molecule has 0 aliphatic heterocycles. The molecule has 2 heterocycles. The molecule has 1 aliphatic carbocycles. The van der Waals surface area contributed by atoms with E-state index >= 15 is 0 Å². The molecule has 1 amide bonds. The van der Waals surface area contributed by atoms with Gasteiger partial charge in [0.15, 0.2) is 5.75 Å². The van der Waals surface area contributed by atoms with E-state index in [4.69, 9.17) is 5.26 Å². The van der Waals surface area contributed by atoms with E-state index in [1.54, 1.807) is 13.1 Å². The molecule has 3 rings (SSSR count). The molecule has 0 saturated heterocycles. The fraction of sp³-hybridized carbons (Fsp3) is 0.312. The van der Waals surface area contributed by atoms with Crippen LogP contribution in [-0.4, -0.2) is 34.0 Å². The monoisotopic (exact) mass is 367 g/mol. The second kappa shape index (κ2) is 6.04. The van der Waals surface area contributed by atoms with Crippen LogP contribution in [0.25, 0.3) is 10.6 Å². The van der Waals surface area contributed by atoms with E-state index in [2.05, 4.69) is 4.98 Å². The molecule has 1 N–H and O–H groups in total. The van der Waals surface area contributed by atoms with Gasteiger partial charge in [0.05, 0.1) is 10.4 Å². The summed E-state index contributed by atoms with van der Waals surface area (Å²) < 4.78 is 38.4. The molecule has 1 saturated carbocycles. The summed E-state index contributed by atoms with van der Waals surface area (Å²) in [5, 5.41) is 19.3. The minimum atomic E-state index is -4.52. The van der Waals surface area contributed by atoms with Crippen molar-refractivity contribution in [2.45, 2.75) is 25.1 Å². The zero-order valence-corrected chi connectivity index (χ0v) is 13.8. The van der Waals surface area contributed by atoms with E-state index < -0.39 is 22.7 Å². The van der Waals surface area contributed by atoms with Gasteiger partial charge in [-0.1, -0.05) is 0 Å². The number of hydrogen-bond acceptors (Lipinski definition) is 5. The molecule has 0 bridgehead atoms. The summed E-state index contributed by atoms with van der Waals surface area (Å²) in [6, 6.07) is 5.04. The van der Waals surface area contributed by atoms with Gasteiger partial charge in [0.25, 0.3) is 5.91 Å². The summed E-state index contributed by atoms with van der Waals surface area (Å²) in [5.74, 6) is -0.975. The number of rotatable bonds is 3. The minimum Gasteiger partial charge on any atom is -0.504 e. The van der Waals surface area contributed by atoms with Crippen molar-refractivity contribution < 1.29 is 23.1 Å². The van der Waals surface area contributed by atoms with E-state index in [0.717, 1.165) is 31.0 Å². The number of thiophene rings is 1. The molecule has 2 aromatic rings. The van der Waals surface area contributed by atoms with Gasteiger partial charge in [0.2, 0.25) is 0 Å². The van der Waals surface area contributed by atoms with Gasteiger partial charge in [-0.3, -0.25) is 4.79 Å². The Balaban J connectivity index is 2.07. The lowest BCUT2D eigenvalue weighted by Crippen LogP contribution is -2.29. The Morgan fingerprint density at radius 3 is 2.64 bits per heavy atom. The maximum Gasteiger partial charge on any atom is 0.425 e. The highest BCUT2D eigenvalue weighted by Gasteiger charge is 2.34. The van der Waals surface area contributed by atoms with E-state index in [0.29, 0.717) is 11.3 Å². The molecular formula is C16H12F3N3O2S. The largest absolute Gasteiger partial charge is 0.504 e. The fourth-order valence-electron chi connectivity index (χ4n) is 2.33. The van der Waals surface area contributed by atoms with Gasteiger partial charge in [0.1, 0.15) is 22.3 Å². The molecule has 0 spiro atoms. The molecule has 5 nitrogen and oxygen atoms in total. The molecule has 1 fully saturated rings. The van der Waals surface area contributed by atoms with Gasteiger partial charge in [0, 0.05) is 13.1 Å². The van der Waals surface area contributed by atoms with Crippen LogP contribution in [0.4, 0.5) is 13.2 Å². The van der Waals surface area contributed by atoms with E-state index in [1.807, 2.05) is 0 Å². The Morgan fingerprint density at radius 2 is 2.12 bits per heavy atom. The summed E-state index contributed by atoms with van der Waals surface area (Å²) >= 11 is 0.392. The Kier molecular flexibility index (Phi) is 4.16. The second-order valence-electron chi connectivity index (χ2n) is 5.67. The quantitative estimate of drug-likeness (QED) is 0.898. The number of hydrogen-bond donors (Lipinski definition) is 1. The summed E-state index contributed by atoms with van der Waals surface area (Å²) in [5.41, 5.74) is -0.493. The molecule has 0 unspecified atom stereocenters. The molecule has 0 radical (unpaired) electrons. The number of amides is 1. The number of aromatic nitrogens is 1. The van der Waals surface area contributed by atoms with Crippen LogP contribution in [0.15, 0.2) is 18.2 Å². The van der Waals surface area contributed by atoms with E-state index in [9.17, 15) is 23.1 Å². The van der Waals surface area contributed by atoms with Crippen LogP contribution in [-0.2, 0) is 6.18 Å². The third kappa shape index (κ3) is 3.30. The van der Waals surface area contributed by atoms with Crippen molar-refractivity contribution in [2.24, 2.45) is 0 Å². The zero-order valence-electron chi connectivity index (χ0n) is 13.0. The lowest BCUT2D eigenvalue weighted by atomic mass is 10.1. The number of carbonyl (C=O) groups is 1. The van der Waals surface area contributed by atoms with Gasteiger partial charge < -0.3 is 10.0 Å². The van der Waals surface area contributed by atoms with Crippen molar-refractivity contribution in [2.75, 3.05) is 7.05 Å². The Hall–Kier alpha value is -2.60. The van der Waals surface area contributed by atoms with Crippen LogP contribution >= 0.6 is 11.3 Å². The van der Waals surface area contributed by atoms with Crippen molar-refractivity contribution in [3.05, 3.63) is 34.3 Å². The summed E-state index contributed by atoms with van der Waals surface area (Å²) in [6.07, 6.45) is -2.77. The SMILES string of the molecule is CN(C(=O)c1cc(C#N)c(O)c(-c2ccc(C(F)(F)F)s2)n1)C1CC1. The number of halogens is 3. The number of alkyl halides is 3. The molecule has 0 atom stereocenters. The molecule has 1 aliphatic rings. The first-order chi connectivity index (χ1) is 11.7. The molecule has 0 aromatic carbocycles. The molecule has 9 heteroatoms. The first kappa shape index (κ1) is 17.2. The van der Waals surface area contributed by atoms with Crippen LogP contribution in [0.5, 0.6) is 5.75 Å². The van der Waals surface area contributed by atoms with Crippen LogP contribution in [0.2, 0.25) is 0 Å². The predicted molar refractivity (Wildman–Crippen MR) is 84.0 cm³/mol. The number of carbonyl (C=O) groups excluding carboxylic acids is 1. The second-order valence-corrected chi connectivity index (χ2v) is 6.76. The van der Waals surface area contributed by atoms with Crippen LogP contribution < -0.4 is 0 Å². The Morgan fingerprint density at radius 1 is 1.44 bits per heavy atom. The standard InChI is InChI=1S/C16H12F3N3O2S/c1-22(9-2-3-9)15(24)10-6-8(7-20)14(23)13(21-10)11-4-5-12(25-11)16(17,18)19/h4-6,9,23H,2-3H2,1H3. The number of pyridine rings is 1. The van der Waals surface area contributed by atoms with Gasteiger partial charge in [-0.25, -0.2) is 4.98 Å². The lowest BCUT2D eigenvalue weighted by Gasteiger charge is -2.16. The van der Waals surface area contributed by atoms with Crippen molar-refractivity contribution in [1.29, 1.82) is 5.26 Å². The number of nitriles is 1. The summed E-state index contributed by atoms with van der Waals surface area (Å²) in [7, 11) is 1.60. The third-order valence-corrected chi connectivity index (χ3v) is 5.00. The maximum atomic E-state index is 12.8. The zero-order chi connectivity index (χ0) is 18.4. The van der Waals surface area contributed by atoms with E-state index in [-0.39, 0.29) is 27.9 Å². The molecular weight excluding hydrogens is 355 g/mol. The van der Waals surface area contributed by atoms with Crippen molar-refractivity contribution >= 4 is 17.2 Å². The summed E-state index contributed by atoms with van der Waals surface area (Å²) in [4.78, 5) is 17.1. The smallest absolute Gasteiger partial charge is 0.425 e. The van der Waals surface area contributed by atoms with Crippen LogP contribution in [0, 0.1) is 11.3 Å².